The number of fused-ring (bicyclic) bond motifs is 3. The van der Waals surface area contributed by atoms with Crippen LogP contribution in [0.1, 0.15) is 40.2 Å². The fraction of sp³-hybridized carbons (Fsp3) is 0.429. The minimum atomic E-state index is -4.26. The lowest BCUT2D eigenvalue weighted by atomic mass is 9.72. The van der Waals surface area contributed by atoms with Crippen LogP contribution in [0.25, 0.3) is 0 Å². The van der Waals surface area contributed by atoms with Gasteiger partial charge in [-0.2, -0.15) is 13.2 Å². The van der Waals surface area contributed by atoms with E-state index in [9.17, 15) is 13.2 Å². The first kappa shape index (κ1) is 19.2. The Bertz CT molecular complexity index is 787. The van der Waals surface area contributed by atoms with Crippen molar-refractivity contribution in [3.63, 3.8) is 0 Å². The van der Waals surface area contributed by atoms with Gasteiger partial charge in [0, 0.05) is 18.5 Å². The molecular formula is C21H23ClF3N. The monoisotopic (exact) mass is 381 g/mol. The van der Waals surface area contributed by atoms with Crippen molar-refractivity contribution in [3.05, 3.63) is 70.3 Å². The Hall–Kier alpha value is -1.52. The fourth-order valence-corrected chi connectivity index (χ4v) is 4.73. The Morgan fingerprint density at radius 3 is 2.62 bits per heavy atom. The van der Waals surface area contributed by atoms with Gasteiger partial charge in [0.15, 0.2) is 0 Å². The molecule has 1 aliphatic carbocycles. The van der Waals surface area contributed by atoms with E-state index in [-0.39, 0.29) is 18.3 Å². The standard InChI is InChI=1S/C21H22F3N.ClH/c1-13-4-2-5-14(10-13)11-20-17-9-8-16-15(18(17)12-25-20)6-3-7-19(16)21(22,23)24;/h2-7,10,17-18,20,25H,8-9,11-12H2,1H3;1H/t17?,18-,20-;/m1./s1. The maximum atomic E-state index is 13.3. The molecule has 5 heteroatoms. The normalized spacial score (nSPS) is 24.5. The van der Waals surface area contributed by atoms with Crippen LogP contribution in [0, 0.1) is 12.8 Å². The van der Waals surface area contributed by atoms with Gasteiger partial charge in [-0.3, -0.25) is 0 Å². The first-order chi connectivity index (χ1) is 11.9. The lowest BCUT2D eigenvalue weighted by Gasteiger charge is -2.32. The number of rotatable bonds is 2. The number of nitrogens with one attached hydrogen (secondary N) is 1. The number of benzene rings is 2. The van der Waals surface area contributed by atoms with Gasteiger partial charge in [-0.25, -0.2) is 0 Å². The van der Waals surface area contributed by atoms with Gasteiger partial charge < -0.3 is 5.32 Å². The maximum Gasteiger partial charge on any atom is 0.416 e. The lowest BCUT2D eigenvalue weighted by molar-refractivity contribution is -0.138. The third-order valence-electron chi connectivity index (χ3n) is 5.82. The van der Waals surface area contributed by atoms with Crippen molar-refractivity contribution in [1.82, 2.24) is 5.32 Å². The van der Waals surface area contributed by atoms with Gasteiger partial charge in [-0.05, 0) is 54.9 Å². The van der Waals surface area contributed by atoms with Crippen LogP contribution in [-0.4, -0.2) is 12.6 Å². The van der Waals surface area contributed by atoms with Gasteiger partial charge in [0.2, 0.25) is 0 Å². The minimum absolute atomic E-state index is 0. The highest BCUT2D eigenvalue weighted by Gasteiger charge is 2.43. The molecule has 2 aliphatic rings. The molecule has 1 fully saturated rings. The number of aryl methyl sites for hydroxylation is 1. The molecular weight excluding hydrogens is 359 g/mol. The van der Waals surface area contributed by atoms with Gasteiger partial charge in [-0.1, -0.05) is 42.0 Å². The average molecular weight is 382 g/mol. The molecule has 26 heavy (non-hydrogen) atoms. The molecule has 0 radical (unpaired) electrons. The van der Waals surface area contributed by atoms with Crippen LogP contribution in [-0.2, 0) is 19.0 Å². The smallest absolute Gasteiger partial charge is 0.313 e. The minimum Gasteiger partial charge on any atom is -0.313 e. The summed E-state index contributed by atoms with van der Waals surface area (Å²) in [5.74, 6) is 0.609. The SMILES string of the molecule is Cc1cccc(C[C@H]2NC[C@@H]3c4cccc(C(F)(F)F)c4CCC32)c1.Cl. The Balaban J connectivity index is 0.00000196. The van der Waals surface area contributed by atoms with Crippen molar-refractivity contribution in [2.75, 3.05) is 6.54 Å². The molecule has 2 aromatic rings. The zero-order chi connectivity index (χ0) is 17.6. The van der Waals surface area contributed by atoms with E-state index in [4.69, 9.17) is 0 Å². The fourth-order valence-electron chi connectivity index (χ4n) is 4.73. The molecule has 1 heterocycles. The van der Waals surface area contributed by atoms with Gasteiger partial charge in [-0.15, -0.1) is 12.4 Å². The molecule has 1 aliphatic heterocycles. The number of halogens is 4. The molecule has 0 bridgehead atoms. The topological polar surface area (TPSA) is 12.0 Å². The molecule has 140 valence electrons. The second-order valence-corrected chi connectivity index (χ2v) is 7.39. The Labute approximate surface area is 158 Å². The summed E-state index contributed by atoms with van der Waals surface area (Å²) in [5, 5.41) is 3.58. The van der Waals surface area contributed by atoms with Gasteiger partial charge in [0.25, 0.3) is 0 Å². The largest absolute Gasteiger partial charge is 0.416 e. The quantitative estimate of drug-likeness (QED) is 0.744. The lowest BCUT2D eigenvalue weighted by Crippen LogP contribution is -2.31. The van der Waals surface area contributed by atoms with Crippen LogP contribution in [0.2, 0.25) is 0 Å². The molecule has 0 amide bonds. The van der Waals surface area contributed by atoms with E-state index in [1.54, 1.807) is 6.07 Å². The van der Waals surface area contributed by atoms with Crippen LogP contribution in [0.4, 0.5) is 13.2 Å². The van der Waals surface area contributed by atoms with E-state index in [0.717, 1.165) is 24.9 Å². The Morgan fingerprint density at radius 2 is 1.88 bits per heavy atom. The van der Waals surface area contributed by atoms with Gasteiger partial charge in [0.1, 0.15) is 0 Å². The highest BCUT2D eigenvalue weighted by atomic mass is 35.5. The summed E-state index contributed by atoms with van der Waals surface area (Å²) in [6.07, 6.45) is -1.96. The molecule has 0 saturated carbocycles. The third-order valence-corrected chi connectivity index (χ3v) is 5.82. The average Bonchev–Trinajstić information content (AvgIpc) is 2.97. The van der Waals surface area contributed by atoms with E-state index < -0.39 is 11.7 Å². The second kappa shape index (κ2) is 7.24. The zero-order valence-corrected chi connectivity index (χ0v) is 15.5. The van der Waals surface area contributed by atoms with E-state index in [1.807, 2.05) is 6.07 Å². The van der Waals surface area contributed by atoms with E-state index in [2.05, 4.69) is 36.5 Å². The predicted octanol–water partition coefficient (Wildman–Crippen LogP) is 5.30. The van der Waals surface area contributed by atoms with E-state index in [1.165, 1.54) is 17.2 Å². The van der Waals surface area contributed by atoms with Crippen molar-refractivity contribution in [1.29, 1.82) is 0 Å². The Kier molecular flexibility index (Phi) is 5.36. The molecule has 0 aromatic heterocycles. The first-order valence-corrected chi connectivity index (χ1v) is 8.91. The maximum absolute atomic E-state index is 13.3. The molecule has 3 atom stereocenters. The van der Waals surface area contributed by atoms with Gasteiger partial charge in [0.05, 0.1) is 5.56 Å². The van der Waals surface area contributed by atoms with Crippen LogP contribution >= 0.6 is 12.4 Å². The third kappa shape index (κ3) is 3.49. The highest BCUT2D eigenvalue weighted by molar-refractivity contribution is 5.85. The van der Waals surface area contributed by atoms with Crippen LogP contribution in [0.5, 0.6) is 0 Å². The number of alkyl halides is 3. The number of hydrogen-bond acceptors (Lipinski definition) is 1. The van der Waals surface area contributed by atoms with Crippen molar-refractivity contribution in [2.45, 2.75) is 44.3 Å². The molecule has 1 nitrogen and oxygen atoms in total. The Morgan fingerprint density at radius 1 is 1.12 bits per heavy atom. The van der Waals surface area contributed by atoms with Crippen molar-refractivity contribution < 1.29 is 13.2 Å². The molecule has 1 saturated heterocycles. The molecule has 1 unspecified atom stereocenters. The van der Waals surface area contributed by atoms with Gasteiger partial charge >= 0.3 is 6.18 Å². The van der Waals surface area contributed by atoms with Crippen LogP contribution in [0.3, 0.4) is 0 Å². The predicted molar refractivity (Wildman–Crippen MR) is 99.9 cm³/mol. The molecule has 1 N–H and O–H groups in total. The molecule has 4 rings (SSSR count). The van der Waals surface area contributed by atoms with Crippen molar-refractivity contribution >= 4 is 12.4 Å². The summed E-state index contributed by atoms with van der Waals surface area (Å²) < 4.78 is 39.9. The van der Waals surface area contributed by atoms with Crippen LogP contribution in [0.15, 0.2) is 42.5 Å². The highest BCUT2D eigenvalue weighted by Crippen LogP contribution is 2.45. The van der Waals surface area contributed by atoms with Crippen molar-refractivity contribution in [2.24, 2.45) is 5.92 Å². The zero-order valence-electron chi connectivity index (χ0n) is 14.6. The van der Waals surface area contributed by atoms with E-state index in [0.29, 0.717) is 23.9 Å². The van der Waals surface area contributed by atoms with Crippen molar-refractivity contribution in [3.8, 4) is 0 Å². The summed E-state index contributed by atoms with van der Waals surface area (Å²) >= 11 is 0. The number of hydrogen-bond donors (Lipinski definition) is 1. The van der Waals surface area contributed by atoms with Crippen LogP contribution < -0.4 is 5.32 Å². The molecule has 2 aromatic carbocycles. The summed E-state index contributed by atoms with van der Waals surface area (Å²) in [6.45, 7) is 2.86. The van der Waals surface area contributed by atoms with E-state index >= 15 is 0 Å². The summed E-state index contributed by atoms with van der Waals surface area (Å²) in [5.41, 5.74) is 3.54. The summed E-state index contributed by atoms with van der Waals surface area (Å²) in [7, 11) is 0. The first-order valence-electron chi connectivity index (χ1n) is 8.91. The second-order valence-electron chi connectivity index (χ2n) is 7.39. The summed E-state index contributed by atoms with van der Waals surface area (Å²) in [4.78, 5) is 0. The molecule has 0 spiro atoms. The summed E-state index contributed by atoms with van der Waals surface area (Å²) in [6, 6.07) is 13.5.